The first-order valence-corrected chi connectivity index (χ1v) is 6.11. The summed E-state index contributed by atoms with van der Waals surface area (Å²) in [5, 5.41) is 3.51. The molecule has 1 aromatic carbocycles. The second-order valence-electron chi connectivity index (χ2n) is 3.94. The molecule has 0 aliphatic carbocycles. The van der Waals surface area contributed by atoms with Gasteiger partial charge < -0.3 is 5.32 Å². The van der Waals surface area contributed by atoms with Crippen molar-refractivity contribution in [3.05, 3.63) is 41.1 Å². The molecule has 4 nitrogen and oxygen atoms in total. The molecule has 1 aliphatic rings. The maximum absolute atomic E-state index is 12.0. The fraction of sp³-hybridized carbons (Fsp3) is 0.231. The van der Waals surface area contributed by atoms with E-state index in [1.165, 1.54) is 6.08 Å². The Kier molecular flexibility index (Phi) is 3.67. The number of carbonyl (C=O) groups is 2. The van der Waals surface area contributed by atoms with Crippen molar-refractivity contribution in [2.24, 2.45) is 0 Å². The molecule has 1 aliphatic heterocycles. The van der Waals surface area contributed by atoms with Crippen LogP contribution >= 0.6 is 11.6 Å². The third-order valence-corrected chi connectivity index (χ3v) is 2.82. The Balaban J connectivity index is 2.20. The molecule has 94 valence electrons. The van der Waals surface area contributed by atoms with Crippen LogP contribution in [0.1, 0.15) is 13.3 Å². The van der Waals surface area contributed by atoms with Gasteiger partial charge in [-0.2, -0.15) is 0 Å². The molecule has 0 saturated heterocycles. The van der Waals surface area contributed by atoms with Gasteiger partial charge in [-0.15, -0.1) is 0 Å². The maximum atomic E-state index is 12.0. The molecule has 18 heavy (non-hydrogen) atoms. The van der Waals surface area contributed by atoms with E-state index in [4.69, 9.17) is 11.6 Å². The van der Waals surface area contributed by atoms with Gasteiger partial charge in [-0.3, -0.25) is 9.59 Å². The number of hydrogen-bond acceptors (Lipinski definition) is 3. The normalized spacial score (nSPS) is 15.0. The molecule has 1 N–H and O–H groups in total. The lowest BCUT2D eigenvalue weighted by Crippen LogP contribution is -2.33. The molecule has 0 aromatic heterocycles. The Morgan fingerprint density at radius 3 is 2.50 bits per heavy atom. The monoisotopic (exact) mass is 264 g/mol. The summed E-state index contributed by atoms with van der Waals surface area (Å²) >= 11 is 5.77. The highest BCUT2D eigenvalue weighted by Gasteiger charge is 2.31. The summed E-state index contributed by atoms with van der Waals surface area (Å²) in [5.41, 5.74) is 0.871. The molecule has 5 heteroatoms. The van der Waals surface area contributed by atoms with E-state index < -0.39 is 0 Å². The predicted octanol–water partition coefficient (Wildman–Crippen LogP) is 2.10. The summed E-state index contributed by atoms with van der Waals surface area (Å²) in [7, 11) is 0. The highest BCUT2D eigenvalue weighted by molar-refractivity contribution is 6.32. The van der Waals surface area contributed by atoms with E-state index in [0.29, 0.717) is 23.0 Å². The SMILES string of the molecule is CCCNC1=CC(=O)N(c2ccc(Cl)cc2)C1=O. The van der Waals surface area contributed by atoms with Gasteiger partial charge in [0.25, 0.3) is 11.8 Å². The summed E-state index contributed by atoms with van der Waals surface area (Å²) in [6.45, 7) is 2.66. The molecule has 0 atom stereocenters. The maximum Gasteiger partial charge on any atom is 0.281 e. The smallest absolute Gasteiger partial charge is 0.281 e. The topological polar surface area (TPSA) is 49.4 Å². The lowest BCUT2D eigenvalue weighted by Gasteiger charge is -2.15. The van der Waals surface area contributed by atoms with Crippen molar-refractivity contribution in [3.63, 3.8) is 0 Å². The van der Waals surface area contributed by atoms with Gasteiger partial charge >= 0.3 is 0 Å². The number of amides is 2. The number of rotatable bonds is 4. The van der Waals surface area contributed by atoms with Gasteiger partial charge in [-0.25, -0.2) is 4.90 Å². The van der Waals surface area contributed by atoms with Gasteiger partial charge in [0.2, 0.25) is 0 Å². The van der Waals surface area contributed by atoms with E-state index in [1.807, 2.05) is 6.92 Å². The number of hydrogen-bond donors (Lipinski definition) is 1. The Labute approximate surface area is 110 Å². The van der Waals surface area contributed by atoms with Crippen molar-refractivity contribution < 1.29 is 9.59 Å². The Morgan fingerprint density at radius 2 is 1.89 bits per heavy atom. The number of anilines is 1. The predicted molar refractivity (Wildman–Crippen MR) is 70.3 cm³/mol. The lowest BCUT2D eigenvalue weighted by atomic mass is 10.3. The second kappa shape index (κ2) is 5.23. The van der Waals surface area contributed by atoms with Crippen molar-refractivity contribution >= 4 is 29.1 Å². The summed E-state index contributed by atoms with van der Waals surface area (Å²) in [6, 6.07) is 6.59. The first-order chi connectivity index (χ1) is 8.63. The van der Waals surface area contributed by atoms with Crippen molar-refractivity contribution in [2.45, 2.75) is 13.3 Å². The second-order valence-corrected chi connectivity index (χ2v) is 4.38. The number of halogens is 1. The fourth-order valence-electron chi connectivity index (χ4n) is 1.69. The minimum atomic E-state index is -0.332. The van der Waals surface area contributed by atoms with E-state index >= 15 is 0 Å². The first kappa shape index (κ1) is 12.6. The van der Waals surface area contributed by atoms with Crippen LogP contribution in [0.15, 0.2) is 36.0 Å². The molecule has 0 spiro atoms. The molecular weight excluding hydrogens is 252 g/mol. The summed E-state index contributed by atoms with van der Waals surface area (Å²) in [6.07, 6.45) is 2.21. The number of benzene rings is 1. The van der Waals surface area contributed by atoms with Crippen LogP contribution in [0.2, 0.25) is 5.02 Å². The van der Waals surface area contributed by atoms with Gasteiger partial charge in [0, 0.05) is 17.6 Å². The highest BCUT2D eigenvalue weighted by Crippen LogP contribution is 2.23. The van der Waals surface area contributed by atoms with E-state index in [9.17, 15) is 9.59 Å². The minimum absolute atomic E-state index is 0.323. The fourth-order valence-corrected chi connectivity index (χ4v) is 1.82. The summed E-state index contributed by atoms with van der Waals surface area (Å²) in [4.78, 5) is 25.0. The van der Waals surface area contributed by atoms with Crippen LogP contribution in [0.25, 0.3) is 0 Å². The number of nitrogens with zero attached hydrogens (tertiary/aromatic N) is 1. The third kappa shape index (κ3) is 2.38. The van der Waals surface area contributed by atoms with Crippen LogP contribution in [0, 0.1) is 0 Å². The van der Waals surface area contributed by atoms with Gasteiger partial charge in [0.1, 0.15) is 5.70 Å². The molecule has 0 fully saturated rings. The van der Waals surface area contributed by atoms with Crippen LogP contribution < -0.4 is 10.2 Å². The lowest BCUT2D eigenvalue weighted by molar-refractivity contribution is -0.120. The Bertz CT molecular complexity index is 508. The van der Waals surface area contributed by atoms with E-state index in [-0.39, 0.29) is 11.8 Å². The van der Waals surface area contributed by atoms with Crippen LogP contribution in [0.4, 0.5) is 5.69 Å². The van der Waals surface area contributed by atoms with Gasteiger partial charge in [-0.1, -0.05) is 18.5 Å². The standard InChI is InChI=1S/C13H13ClN2O2/c1-2-7-15-11-8-12(17)16(13(11)18)10-5-3-9(14)4-6-10/h3-6,8,15H,2,7H2,1H3. The zero-order valence-electron chi connectivity index (χ0n) is 9.94. The van der Waals surface area contributed by atoms with Crippen LogP contribution in [0.5, 0.6) is 0 Å². The third-order valence-electron chi connectivity index (χ3n) is 2.57. The molecule has 0 saturated carbocycles. The van der Waals surface area contributed by atoms with E-state index in [2.05, 4.69) is 5.32 Å². The zero-order chi connectivity index (χ0) is 13.1. The highest BCUT2D eigenvalue weighted by atomic mass is 35.5. The average Bonchev–Trinajstić information content (AvgIpc) is 2.63. The summed E-state index contributed by atoms with van der Waals surface area (Å²) < 4.78 is 0. The van der Waals surface area contributed by atoms with Gasteiger partial charge in [0.05, 0.1) is 5.69 Å². The molecule has 1 heterocycles. The number of nitrogens with one attached hydrogen (secondary N) is 1. The van der Waals surface area contributed by atoms with Crippen LogP contribution in [-0.4, -0.2) is 18.4 Å². The molecular formula is C13H13ClN2O2. The Morgan fingerprint density at radius 1 is 1.22 bits per heavy atom. The van der Waals surface area contributed by atoms with Gasteiger partial charge in [0.15, 0.2) is 0 Å². The quantitative estimate of drug-likeness (QED) is 0.848. The van der Waals surface area contributed by atoms with Crippen molar-refractivity contribution in [3.8, 4) is 0 Å². The van der Waals surface area contributed by atoms with E-state index in [0.717, 1.165) is 11.3 Å². The molecule has 0 bridgehead atoms. The van der Waals surface area contributed by atoms with Crippen LogP contribution in [0.3, 0.4) is 0 Å². The Hall–Kier alpha value is -1.81. The van der Waals surface area contributed by atoms with Crippen molar-refractivity contribution in [1.29, 1.82) is 0 Å². The first-order valence-electron chi connectivity index (χ1n) is 5.73. The zero-order valence-corrected chi connectivity index (χ0v) is 10.7. The van der Waals surface area contributed by atoms with Crippen LogP contribution in [-0.2, 0) is 9.59 Å². The van der Waals surface area contributed by atoms with E-state index in [1.54, 1.807) is 24.3 Å². The van der Waals surface area contributed by atoms with Crippen molar-refractivity contribution in [2.75, 3.05) is 11.4 Å². The molecule has 0 unspecified atom stereocenters. The van der Waals surface area contributed by atoms with Crippen molar-refractivity contribution in [1.82, 2.24) is 5.32 Å². The summed E-state index contributed by atoms with van der Waals surface area (Å²) in [5.74, 6) is -0.656. The number of imide groups is 1. The molecule has 1 aromatic rings. The molecule has 2 amide bonds. The number of carbonyl (C=O) groups excluding carboxylic acids is 2. The van der Waals surface area contributed by atoms with Gasteiger partial charge in [-0.05, 0) is 30.7 Å². The average molecular weight is 265 g/mol. The minimum Gasteiger partial charge on any atom is -0.380 e. The molecule has 2 rings (SSSR count). The molecule has 0 radical (unpaired) electrons. The largest absolute Gasteiger partial charge is 0.380 e.